The summed E-state index contributed by atoms with van der Waals surface area (Å²) in [7, 11) is 0. The first-order valence-corrected chi connectivity index (χ1v) is 19.8. The van der Waals surface area contributed by atoms with Crippen molar-refractivity contribution in [1.29, 1.82) is 0 Å². The van der Waals surface area contributed by atoms with Crippen molar-refractivity contribution in [2.45, 2.75) is 172 Å². The third-order valence-electron chi connectivity index (χ3n) is 15.9. The minimum atomic E-state index is -1.60. The number of aliphatic hydroxyl groups excluding tert-OH is 6. The summed E-state index contributed by atoms with van der Waals surface area (Å²) in [6, 6.07) is 1.54. The van der Waals surface area contributed by atoms with E-state index in [1.54, 1.807) is 0 Å². The molecule has 3 saturated carbocycles. The van der Waals surface area contributed by atoms with Crippen molar-refractivity contribution < 1.29 is 49.6 Å². The molecule has 7 fully saturated rings. The highest BCUT2D eigenvalue weighted by Gasteiger charge is 2.66. The maximum atomic E-state index is 11.1. The number of allylic oxidation sites excluding steroid dienone is 1. The molecular formula is C39H63NO10. The molecule has 8 rings (SSSR count). The van der Waals surface area contributed by atoms with E-state index < -0.39 is 68.0 Å². The van der Waals surface area contributed by atoms with Crippen molar-refractivity contribution in [3.8, 4) is 0 Å². The van der Waals surface area contributed by atoms with Gasteiger partial charge in [-0.15, -0.1) is 0 Å². The summed E-state index contributed by atoms with van der Waals surface area (Å²) in [5.41, 5.74) is 2.01. The SMILES string of the molecule is C[C@H]1CC[C@@H]2[C@@H](C)[C@H]3[C@H](C[C@H]4[C@@H]5CC=C6CC(O[C@@H]7O[C@H](CO)[C@@H](O[C@@H]8O[C@@H](C)[C@H](O)[C@@H](O)[C@H]8O)[C@H](O)[C@H]7O)CC[C@]6(C)C5CC[C@]34C)N2C1. The normalized spacial score (nSPS) is 58.0. The summed E-state index contributed by atoms with van der Waals surface area (Å²) in [6.07, 6.45) is -0.408. The molecule has 0 aromatic carbocycles. The van der Waals surface area contributed by atoms with Gasteiger partial charge in [0, 0.05) is 18.6 Å². The van der Waals surface area contributed by atoms with Crippen molar-refractivity contribution in [3.05, 3.63) is 11.6 Å². The van der Waals surface area contributed by atoms with Gasteiger partial charge in [-0.2, -0.15) is 0 Å². The Morgan fingerprint density at radius 1 is 0.820 bits per heavy atom. The number of nitrogens with zero attached hydrogens (tertiary/aromatic N) is 1. The Bertz CT molecular complexity index is 1280. The van der Waals surface area contributed by atoms with Gasteiger partial charge in [0.1, 0.15) is 42.7 Å². The molecule has 4 aliphatic carbocycles. The Morgan fingerprint density at radius 2 is 1.56 bits per heavy atom. The molecule has 50 heavy (non-hydrogen) atoms. The summed E-state index contributed by atoms with van der Waals surface area (Å²) in [4.78, 5) is 2.97. The van der Waals surface area contributed by atoms with Crippen LogP contribution in [-0.2, 0) is 18.9 Å². The van der Waals surface area contributed by atoms with E-state index in [-0.39, 0.29) is 11.5 Å². The van der Waals surface area contributed by atoms with Crippen molar-refractivity contribution in [1.82, 2.24) is 4.90 Å². The summed E-state index contributed by atoms with van der Waals surface area (Å²) < 4.78 is 23.7. The maximum absolute atomic E-state index is 11.1. The van der Waals surface area contributed by atoms with Gasteiger partial charge in [0.05, 0.1) is 18.8 Å². The van der Waals surface area contributed by atoms with Gasteiger partial charge in [0.15, 0.2) is 12.6 Å². The molecule has 11 heteroatoms. The molecule has 0 spiro atoms. The first-order chi connectivity index (χ1) is 23.8. The quantitative estimate of drug-likeness (QED) is 0.233. The molecule has 0 aromatic heterocycles. The minimum Gasteiger partial charge on any atom is -0.394 e. The molecule has 4 aliphatic heterocycles. The predicted octanol–water partition coefficient (Wildman–Crippen LogP) is 2.33. The van der Waals surface area contributed by atoms with E-state index in [1.807, 2.05) is 0 Å². The number of piperidine rings is 1. The average Bonchev–Trinajstić information content (AvgIpc) is 3.56. The van der Waals surface area contributed by atoms with Crippen molar-refractivity contribution in [3.63, 3.8) is 0 Å². The van der Waals surface area contributed by atoms with Crippen LogP contribution in [0.25, 0.3) is 0 Å². The second-order valence-electron chi connectivity index (χ2n) is 18.4. The fourth-order valence-electron chi connectivity index (χ4n) is 13.3. The molecular weight excluding hydrogens is 642 g/mol. The van der Waals surface area contributed by atoms with Crippen LogP contribution in [0.15, 0.2) is 11.6 Å². The van der Waals surface area contributed by atoms with Gasteiger partial charge in [-0.25, -0.2) is 0 Å². The predicted molar refractivity (Wildman–Crippen MR) is 182 cm³/mol. The van der Waals surface area contributed by atoms with E-state index in [1.165, 1.54) is 51.1 Å². The van der Waals surface area contributed by atoms with Crippen LogP contribution in [0.2, 0.25) is 0 Å². The highest BCUT2D eigenvalue weighted by Crippen LogP contribution is 2.70. The van der Waals surface area contributed by atoms with E-state index >= 15 is 0 Å². The second kappa shape index (κ2) is 13.3. The zero-order valence-electron chi connectivity index (χ0n) is 30.6. The van der Waals surface area contributed by atoms with Crippen molar-refractivity contribution in [2.24, 2.45) is 46.3 Å². The maximum Gasteiger partial charge on any atom is 0.187 e. The van der Waals surface area contributed by atoms with Gasteiger partial charge >= 0.3 is 0 Å². The fourth-order valence-corrected chi connectivity index (χ4v) is 13.3. The second-order valence-corrected chi connectivity index (χ2v) is 18.4. The van der Waals surface area contributed by atoms with Crippen LogP contribution in [0.1, 0.15) is 92.4 Å². The number of rotatable bonds is 5. The Labute approximate surface area is 297 Å². The first-order valence-electron chi connectivity index (χ1n) is 19.8. The monoisotopic (exact) mass is 705 g/mol. The largest absolute Gasteiger partial charge is 0.394 e. The van der Waals surface area contributed by atoms with Crippen LogP contribution < -0.4 is 0 Å². The highest BCUT2D eigenvalue weighted by atomic mass is 16.7. The molecule has 11 nitrogen and oxygen atoms in total. The number of hydrogen-bond donors (Lipinski definition) is 6. The summed E-state index contributed by atoms with van der Waals surface area (Å²) in [5, 5.41) is 63.1. The standard InChI is InChI=1S/C39H63NO10/c1-18-6-9-26-19(2)29-27(40(26)16-18)15-25-23-8-7-21-14-22(10-12-38(21,4)24(23)11-13-39(25,29)5)48-37-34(46)32(44)35(28(17-41)49-37)50-36-33(45)31(43)30(42)20(3)47-36/h7,18-20,22-37,41-46H,6,8-17H2,1-5H3/t18-,19+,20-,22?,23+,24?,25-,26+,27-,28+,29-,30-,31+,32+,33+,34+,35+,36-,37+,38-,39-/m0/s1. The van der Waals surface area contributed by atoms with Gasteiger partial charge in [-0.05, 0) is 111 Å². The molecule has 21 atom stereocenters. The average molecular weight is 706 g/mol. The van der Waals surface area contributed by atoms with Crippen LogP contribution in [0.3, 0.4) is 0 Å². The molecule has 6 N–H and O–H groups in total. The topological polar surface area (TPSA) is 162 Å². The van der Waals surface area contributed by atoms with Crippen LogP contribution >= 0.6 is 0 Å². The Balaban J connectivity index is 0.926. The molecule has 4 heterocycles. The lowest BCUT2D eigenvalue weighted by Crippen LogP contribution is -2.64. The third-order valence-corrected chi connectivity index (χ3v) is 15.9. The molecule has 0 bridgehead atoms. The van der Waals surface area contributed by atoms with E-state index in [0.717, 1.165) is 67.4 Å². The number of hydrogen-bond acceptors (Lipinski definition) is 11. The van der Waals surface area contributed by atoms with Gasteiger partial charge in [0.25, 0.3) is 0 Å². The van der Waals surface area contributed by atoms with Crippen LogP contribution in [0.4, 0.5) is 0 Å². The number of fused-ring (bicyclic) bond motifs is 9. The molecule has 4 saturated heterocycles. The Kier molecular flexibility index (Phi) is 9.62. The molecule has 0 radical (unpaired) electrons. The van der Waals surface area contributed by atoms with Gasteiger partial charge in [-0.1, -0.05) is 39.3 Å². The van der Waals surface area contributed by atoms with Crippen LogP contribution in [0, 0.1) is 46.3 Å². The number of aliphatic hydroxyl groups is 6. The smallest absolute Gasteiger partial charge is 0.187 e. The van der Waals surface area contributed by atoms with Gasteiger partial charge in [0.2, 0.25) is 0 Å². The van der Waals surface area contributed by atoms with Crippen molar-refractivity contribution >= 4 is 0 Å². The van der Waals surface area contributed by atoms with Crippen LogP contribution in [-0.4, -0.2) is 128 Å². The molecule has 284 valence electrons. The number of ether oxygens (including phenoxy) is 4. The Morgan fingerprint density at radius 3 is 2.32 bits per heavy atom. The molecule has 2 unspecified atom stereocenters. The molecule has 0 amide bonds. The van der Waals surface area contributed by atoms with E-state index in [9.17, 15) is 30.6 Å². The van der Waals surface area contributed by atoms with Gasteiger partial charge < -0.3 is 49.6 Å². The third kappa shape index (κ3) is 5.54. The first kappa shape index (κ1) is 36.3. The Hall–Kier alpha value is -0.700. The lowest BCUT2D eigenvalue weighted by atomic mass is 9.47. The minimum absolute atomic E-state index is 0.129. The lowest BCUT2D eigenvalue weighted by molar-refractivity contribution is -0.360. The zero-order valence-corrected chi connectivity index (χ0v) is 30.6. The summed E-state index contributed by atoms with van der Waals surface area (Å²) >= 11 is 0. The summed E-state index contributed by atoms with van der Waals surface area (Å²) in [6.45, 7) is 12.5. The summed E-state index contributed by atoms with van der Waals surface area (Å²) in [5.74, 6) is 4.58. The zero-order chi connectivity index (χ0) is 35.4. The van der Waals surface area contributed by atoms with E-state index in [2.05, 4.69) is 38.7 Å². The molecule has 0 aromatic rings. The van der Waals surface area contributed by atoms with Gasteiger partial charge in [-0.3, -0.25) is 4.90 Å². The lowest BCUT2D eigenvalue weighted by Gasteiger charge is -2.58. The van der Waals surface area contributed by atoms with E-state index in [0.29, 0.717) is 11.3 Å². The molecule has 8 aliphatic rings. The van der Waals surface area contributed by atoms with E-state index in [4.69, 9.17) is 18.9 Å². The van der Waals surface area contributed by atoms with Crippen LogP contribution in [0.5, 0.6) is 0 Å². The highest BCUT2D eigenvalue weighted by molar-refractivity contribution is 5.27. The fraction of sp³-hybridized carbons (Fsp3) is 0.949. The van der Waals surface area contributed by atoms with Crippen molar-refractivity contribution in [2.75, 3.05) is 13.2 Å².